The fourth-order valence-electron chi connectivity index (χ4n) is 4.31. The monoisotopic (exact) mass is 507 g/mol. The summed E-state index contributed by atoms with van der Waals surface area (Å²) in [5.41, 5.74) is 3.06. The molecule has 1 aromatic heterocycles. The van der Waals surface area contributed by atoms with Crippen LogP contribution >= 0.6 is 11.3 Å². The van der Waals surface area contributed by atoms with E-state index in [-0.39, 0.29) is 4.90 Å². The zero-order chi connectivity index (χ0) is 24.6. The average molecular weight is 508 g/mol. The van der Waals surface area contributed by atoms with Crippen LogP contribution in [0.2, 0.25) is 0 Å². The summed E-state index contributed by atoms with van der Waals surface area (Å²) in [6.45, 7) is 3.21. The number of carbonyl (C=O) groups excluding carboxylic acids is 1. The molecule has 180 valence electrons. The number of rotatable bonds is 6. The number of hydrogen-bond donors (Lipinski definition) is 0. The van der Waals surface area contributed by atoms with E-state index in [4.69, 9.17) is 4.74 Å². The minimum Gasteiger partial charge on any atom is -0.497 e. The van der Waals surface area contributed by atoms with Crippen molar-refractivity contribution in [3.63, 3.8) is 0 Å². The number of para-hydroxylation sites is 1. The van der Waals surface area contributed by atoms with Gasteiger partial charge in [-0.2, -0.15) is 4.99 Å². The molecule has 5 rings (SSSR count). The highest BCUT2D eigenvalue weighted by Gasteiger charge is 2.30. The molecule has 9 heteroatoms. The van der Waals surface area contributed by atoms with Gasteiger partial charge in [0.15, 0.2) is 4.80 Å². The predicted molar refractivity (Wildman–Crippen MR) is 138 cm³/mol. The van der Waals surface area contributed by atoms with Crippen molar-refractivity contribution in [1.82, 2.24) is 4.57 Å². The van der Waals surface area contributed by atoms with Crippen molar-refractivity contribution in [2.24, 2.45) is 4.99 Å². The summed E-state index contributed by atoms with van der Waals surface area (Å²) in [6.07, 6.45) is 1.58. The summed E-state index contributed by atoms with van der Waals surface area (Å²) in [5.74, 6) is 0.335. The number of amides is 1. The van der Waals surface area contributed by atoms with Crippen molar-refractivity contribution in [2.45, 2.75) is 31.2 Å². The standard InChI is InChI=1S/C26H25N3O4S2/c1-3-15-28-23-13-10-20(33-2)17-24(23)34-26(28)27-25(30)19-8-11-21(12-9-19)35(31,32)29-16-14-18-6-4-5-7-22(18)29/h4-13,17H,3,14-16H2,1-2H3. The van der Waals surface area contributed by atoms with Gasteiger partial charge in [0.25, 0.3) is 15.9 Å². The van der Waals surface area contributed by atoms with Gasteiger partial charge in [0.1, 0.15) is 5.75 Å². The molecule has 0 radical (unpaired) electrons. The van der Waals surface area contributed by atoms with E-state index >= 15 is 0 Å². The lowest BCUT2D eigenvalue weighted by molar-refractivity contribution is 0.0997. The van der Waals surface area contributed by atoms with Gasteiger partial charge in [-0.25, -0.2) is 8.42 Å². The molecular formula is C26H25N3O4S2. The molecule has 1 aliphatic rings. The third kappa shape index (κ3) is 4.26. The van der Waals surface area contributed by atoms with Crippen molar-refractivity contribution >= 4 is 43.2 Å². The van der Waals surface area contributed by atoms with E-state index < -0.39 is 15.9 Å². The fraction of sp³-hybridized carbons (Fsp3) is 0.231. The number of methoxy groups -OCH3 is 1. The Bertz CT molecular complexity index is 1590. The van der Waals surface area contributed by atoms with E-state index in [1.165, 1.54) is 39.9 Å². The summed E-state index contributed by atoms with van der Waals surface area (Å²) < 4.78 is 36.3. The van der Waals surface area contributed by atoms with E-state index in [1.807, 2.05) is 47.0 Å². The molecule has 7 nitrogen and oxygen atoms in total. The topological polar surface area (TPSA) is 81.0 Å². The smallest absolute Gasteiger partial charge is 0.279 e. The summed E-state index contributed by atoms with van der Waals surface area (Å²) in [6, 6.07) is 19.3. The maximum atomic E-state index is 13.2. The van der Waals surface area contributed by atoms with Crippen molar-refractivity contribution in [3.05, 3.63) is 82.7 Å². The molecule has 1 amide bonds. The first-order valence-corrected chi connectivity index (χ1v) is 13.6. The van der Waals surface area contributed by atoms with Crippen LogP contribution < -0.4 is 13.8 Å². The molecule has 0 unspecified atom stereocenters. The first kappa shape index (κ1) is 23.3. The van der Waals surface area contributed by atoms with Crippen molar-refractivity contribution in [2.75, 3.05) is 18.0 Å². The number of sulfonamides is 1. The highest BCUT2D eigenvalue weighted by molar-refractivity contribution is 7.92. The molecule has 0 saturated carbocycles. The van der Waals surface area contributed by atoms with Crippen LogP contribution in [0.1, 0.15) is 29.3 Å². The van der Waals surface area contributed by atoms with Crippen LogP contribution in [0.3, 0.4) is 0 Å². The summed E-state index contributed by atoms with van der Waals surface area (Å²) in [4.78, 5) is 18.1. The second-order valence-electron chi connectivity index (χ2n) is 8.27. The molecule has 4 aromatic rings. The van der Waals surface area contributed by atoms with Crippen LogP contribution in [-0.4, -0.2) is 32.5 Å². The maximum absolute atomic E-state index is 13.2. The predicted octanol–water partition coefficient (Wildman–Crippen LogP) is 4.61. The Morgan fingerprint density at radius 2 is 1.86 bits per heavy atom. The minimum absolute atomic E-state index is 0.153. The lowest BCUT2D eigenvalue weighted by Gasteiger charge is -2.19. The molecule has 0 atom stereocenters. The van der Waals surface area contributed by atoms with Gasteiger partial charge in [-0.15, -0.1) is 0 Å². The van der Waals surface area contributed by atoms with Gasteiger partial charge in [0, 0.05) is 18.7 Å². The SMILES string of the molecule is CCCn1c(=NC(=O)c2ccc(S(=O)(=O)N3CCc4ccccc43)cc2)sc2cc(OC)ccc21. The number of fused-ring (bicyclic) bond motifs is 2. The van der Waals surface area contributed by atoms with Gasteiger partial charge in [-0.1, -0.05) is 36.5 Å². The van der Waals surface area contributed by atoms with Gasteiger partial charge in [-0.3, -0.25) is 9.10 Å². The zero-order valence-electron chi connectivity index (χ0n) is 19.5. The molecule has 3 aromatic carbocycles. The molecular weight excluding hydrogens is 482 g/mol. The number of aryl methyl sites for hydroxylation is 1. The first-order valence-electron chi connectivity index (χ1n) is 11.4. The van der Waals surface area contributed by atoms with E-state index in [0.29, 0.717) is 29.0 Å². The molecule has 1 aliphatic heterocycles. The largest absolute Gasteiger partial charge is 0.497 e. The van der Waals surface area contributed by atoms with Crippen LogP contribution in [0.4, 0.5) is 5.69 Å². The minimum atomic E-state index is -3.71. The first-order chi connectivity index (χ1) is 16.9. The Kier molecular flexibility index (Phi) is 6.21. The molecule has 0 aliphatic carbocycles. The highest BCUT2D eigenvalue weighted by Crippen LogP contribution is 2.32. The summed E-state index contributed by atoms with van der Waals surface area (Å²) >= 11 is 1.43. The number of carbonyl (C=O) groups is 1. The Hall–Kier alpha value is -3.43. The van der Waals surface area contributed by atoms with Crippen LogP contribution in [0.25, 0.3) is 10.2 Å². The van der Waals surface area contributed by atoms with Crippen LogP contribution in [0.5, 0.6) is 5.75 Å². The summed E-state index contributed by atoms with van der Waals surface area (Å²) in [7, 11) is -2.09. The van der Waals surface area contributed by atoms with Crippen molar-refractivity contribution < 1.29 is 17.9 Å². The van der Waals surface area contributed by atoms with Crippen molar-refractivity contribution in [3.8, 4) is 5.75 Å². The fourth-order valence-corrected chi connectivity index (χ4v) is 6.90. The zero-order valence-corrected chi connectivity index (χ0v) is 21.1. The number of anilines is 1. The molecule has 0 spiro atoms. The lowest BCUT2D eigenvalue weighted by Crippen LogP contribution is -2.29. The second-order valence-corrected chi connectivity index (χ2v) is 11.1. The van der Waals surface area contributed by atoms with Gasteiger partial charge in [0.05, 0.1) is 27.9 Å². The molecule has 0 fully saturated rings. The number of ether oxygens (including phenoxy) is 1. The maximum Gasteiger partial charge on any atom is 0.279 e. The number of aromatic nitrogens is 1. The quantitative estimate of drug-likeness (QED) is 0.382. The summed E-state index contributed by atoms with van der Waals surface area (Å²) in [5, 5.41) is 0. The molecule has 0 saturated heterocycles. The lowest BCUT2D eigenvalue weighted by atomic mass is 10.2. The van der Waals surface area contributed by atoms with Gasteiger partial charge in [0.2, 0.25) is 0 Å². The number of hydrogen-bond acceptors (Lipinski definition) is 5. The Balaban J connectivity index is 1.46. The van der Waals surface area contributed by atoms with Crippen LogP contribution in [0.15, 0.2) is 76.6 Å². The van der Waals surface area contributed by atoms with E-state index in [9.17, 15) is 13.2 Å². The van der Waals surface area contributed by atoms with E-state index in [2.05, 4.69) is 11.9 Å². The normalized spacial score (nSPS) is 13.9. The molecule has 0 N–H and O–H groups in total. The van der Waals surface area contributed by atoms with Gasteiger partial charge in [-0.05, 0) is 66.9 Å². The second kappa shape index (κ2) is 9.31. The third-order valence-corrected chi connectivity index (χ3v) is 8.94. The Morgan fingerprint density at radius 3 is 2.60 bits per heavy atom. The molecule has 0 bridgehead atoms. The number of benzene rings is 3. The molecule has 35 heavy (non-hydrogen) atoms. The number of nitrogens with zero attached hydrogens (tertiary/aromatic N) is 3. The van der Waals surface area contributed by atoms with Crippen LogP contribution in [-0.2, 0) is 23.0 Å². The van der Waals surface area contributed by atoms with Gasteiger partial charge < -0.3 is 9.30 Å². The molecule has 2 heterocycles. The van der Waals surface area contributed by atoms with E-state index in [1.54, 1.807) is 7.11 Å². The Morgan fingerprint density at radius 1 is 1.09 bits per heavy atom. The average Bonchev–Trinajstić information content (AvgIpc) is 3.46. The van der Waals surface area contributed by atoms with Crippen molar-refractivity contribution in [1.29, 1.82) is 0 Å². The van der Waals surface area contributed by atoms with E-state index in [0.717, 1.165) is 34.5 Å². The van der Waals surface area contributed by atoms with Gasteiger partial charge >= 0.3 is 0 Å². The Labute approximate surface area is 208 Å². The number of thiazole rings is 1. The van der Waals surface area contributed by atoms with Crippen LogP contribution in [0, 0.1) is 0 Å². The third-order valence-electron chi connectivity index (χ3n) is 6.07. The highest BCUT2D eigenvalue weighted by atomic mass is 32.2.